The summed E-state index contributed by atoms with van der Waals surface area (Å²) >= 11 is 18.5. The Bertz CT molecular complexity index is 1140. The molecule has 0 aliphatic carbocycles. The average molecular weight is 460 g/mol. The Balaban J connectivity index is 1.93. The second kappa shape index (κ2) is 9.40. The molecule has 7 heteroatoms. The molecule has 30 heavy (non-hydrogen) atoms. The molecule has 0 fully saturated rings. The van der Waals surface area contributed by atoms with Gasteiger partial charge in [-0.05, 0) is 53.9 Å². The Kier molecular flexibility index (Phi) is 6.89. The number of rotatable bonds is 5. The van der Waals surface area contributed by atoms with E-state index < -0.39 is 5.92 Å². The fourth-order valence-corrected chi connectivity index (χ4v) is 3.77. The second-order valence-electron chi connectivity index (χ2n) is 6.58. The van der Waals surface area contributed by atoms with Gasteiger partial charge in [-0.15, -0.1) is 0 Å². The van der Waals surface area contributed by atoms with Crippen molar-refractivity contribution in [3.63, 3.8) is 0 Å². The molecule has 0 heterocycles. The normalized spacial score (nSPS) is 11.5. The summed E-state index contributed by atoms with van der Waals surface area (Å²) in [5.74, 6) is -0.647. The number of nitriles is 1. The van der Waals surface area contributed by atoms with Crippen LogP contribution in [0.15, 0.2) is 54.6 Å². The largest absolute Gasteiger partial charge is 0.494 e. The van der Waals surface area contributed by atoms with E-state index in [1.54, 1.807) is 54.6 Å². The minimum absolute atomic E-state index is 0.296. The number of para-hydroxylation sites is 1. The lowest BCUT2D eigenvalue weighted by Gasteiger charge is -2.17. The monoisotopic (exact) mass is 458 g/mol. The predicted octanol–water partition coefficient (Wildman–Crippen LogP) is 6.87. The zero-order valence-electron chi connectivity index (χ0n) is 16.2. The van der Waals surface area contributed by atoms with Crippen molar-refractivity contribution < 1.29 is 9.53 Å². The van der Waals surface area contributed by atoms with E-state index in [1.807, 2.05) is 6.92 Å². The highest BCUT2D eigenvalue weighted by molar-refractivity contribution is 6.33. The molecule has 1 amide bonds. The van der Waals surface area contributed by atoms with Gasteiger partial charge in [0.2, 0.25) is 0 Å². The third-order valence-electron chi connectivity index (χ3n) is 4.65. The summed E-state index contributed by atoms with van der Waals surface area (Å²) in [5, 5.41) is 13.9. The summed E-state index contributed by atoms with van der Waals surface area (Å²) in [7, 11) is 1.45. The van der Waals surface area contributed by atoms with Gasteiger partial charge in [0.25, 0.3) is 5.91 Å². The van der Waals surface area contributed by atoms with Gasteiger partial charge in [0, 0.05) is 15.7 Å². The molecule has 1 N–H and O–H groups in total. The molecule has 3 aromatic carbocycles. The van der Waals surface area contributed by atoms with E-state index in [9.17, 15) is 10.1 Å². The molecule has 0 aliphatic rings. The Morgan fingerprint density at radius 1 is 1.07 bits per heavy atom. The zero-order chi connectivity index (χ0) is 21.8. The number of nitrogens with zero attached hydrogens (tertiary/aromatic N) is 1. The average Bonchev–Trinajstić information content (AvgIpc) is 2.73. The molecular formula is C23H17Cl3N2O2. The van der Waals surface area contributed by atoms with Crippen molar-refractivity contribution in [1.29, 1.82) is 5.26 Å². The summed E-state index contributed by atoms with van der Waals surface area (Å²) in [5.41, 5.74) is 3.03. The molecule has 1 unspecified atom stereocenters. The molecule has 0 aromatic heterocycles. The highest BCUT2D eigenvalue weighted by Crippen LogP contribution is 2.35. The van der Waals surface area contributed by atoms with Crippen LogP contribution in [0.1, 0.15) is 33.0 Å². The summed E-state index contributed by atoms with van der Waals surface area (Å²) in [6.07, 6.45) is 0. The first-order chi connectivity index (χ1) is 14.3. The third-order valence-corrected chi connectivity index (χ3v) is 5.53. The number of benzene rings is 3. The summed E-state index contributed by atoms with van der Waals surface area (Å²) < 4.78 is 5.25. The minimum atomic E-state index is -0.564. The number of aryl methyl sites for hydroxylation is 1. The molecule has 4 nitrogen and oxygen atoms in total. The van der Waals surface area contributed by atoms with E-state index in [4.69, 9.17) is 39.5 Å². The van der Waals surface area contributed by atoms with Gasteiger partial charge in [0.1, 0.15) is 5.75 Å². The number of nitrogens with one attached hydrogen (secondary N) is 1. The number of ether oxygens (including phenoxy) is 1. The van der Waals surface area contributed by atoms with Crippen LogP contribution < -0.4 is 10.1 Å². The molecule has 0 radical (unpaired) electrons. The standard InChI is InChI=1S/C23H17Cl3N2O2/c1-13-10-17(18(12-27)14-6-8-15(24)9-7-14)20(26)11-21(13)28-23(29)16-4-3-5-19(25)22(16)30-2/h3-11,18H,1-2H3,(H,28,29). The Hall–Kier alpha value is -2.71. The fraction of sp³-hybridized carbons (Fsp3) is 0.130. The maximum absolute atomic E-state index is 12.8. The first kappa shape index (κ1) is 22.0. The van der Waals surface area contributed by atoms with E-state index in [0.717, 1.165) is 11.1 Å². The molecule has 0 saturated heterocycles. The molecule has 3 aromatic rings. The van der Waals surface area contributed by atoms with Crippen LogP contribution in [0.2, 0.25) is 15.1 Å². The second-order valence-corrected chi connectivity index (χ2v) is 7.83. The lowest BCUT2D eigenvalue weighted by Crippen LogP contribution is -2.14. The van der Waals surface area contributed by atoms with Crippen LogP contribution in [-0.2, 0) is 0 Å². The van der Waals surface area contributed by atoms with Gasteiger partial charge in [0.15, 0.2) is 0 Å². The molecule has 0 saturated carbocycles. The zero-order valence-corrected chi connectivity index (χ0v) is 18.4. The number of methoxy groups -OCH3 is 1. The van der Waals surface area contributed by atoms with Gasteiger partial charge in [0.05, 0.1) is 29.7 Å². The van der Waals surface area contributed by atoms with Crippen LogP contribution in [0.5, 0.6) is 5.75 Å². The molecule has 0 spiro atoms. The van der Waals surface area contributed by atoms with Gasteiger partial charge in [-0.2, -0.15) is 5.26 Å². The number of hydrogen-bond donors (Lipinski definition) is 1. The maximum Gasteiger partial charge on any atom is 0.259 e. The third kappa shape index (κ3) is 4.55. The minimum Gasteiger partial charge on any atom is -0.494 e. The topological polar surface area (TPSA) is 62.1 Å². The molecule has 1 atom stereocenters. The highest BCUT2D eigenvalue weighted by Gasteiger charge is 2.20. The van der Waals surface area contributed by atoms with Crippen molar-refractivity contribution in [1.82, 2.24) is 0 Å². The fourth-order valence-electron chi connectivity index (χ4n) is 3.12. The van der Waals surface area contributed by atoms with E-state index in [2.05, 4.69) is 11.4 Å². The lowest BCUT2D eigenvalue weighted by atomic mass is 9.91. The van der Waals surface area contributed by atoms with Crippen molar-refractivity contribution in [2.24, 2.45) is 0 Å². The quantitative estimate of drug-likeness (QED) is 0.453. The summed E-state index contributed by atoms with van der Waals surface area (Å²) in [6.45, 7) is 1.83. The van der Waals surface area contributed by atoms with Gasteiger partial charge in [-0.3, -0.25) is 4.79 Å². The van der Waals surface area contributed by atoms with Crippen molar-refractivity contribution in [3.8, 4) is 11.8 Å². The van der Waals surface area contributed by atoms with Crippen molar-refractivity contribution in [2.75, 3.05) is 12.4 Å². The summed E-state index contributed by atoms with van der Waals surface area (Å²) in [6, 6.07) is 17.7. The molecular weight excluding hydrogens is 443 g/mol. The Labute approximate surface area is 189 Å². The number of amides is 1. The van der Waals surface area contributed by atoms with E-state index in [1.165, 1.54) is 7.11 Å². The van der Waals surface area contributed by atoms with E-state index in [0.29, 0.717) is 37.6 Å². The van der Waals surface area contributed by atoms with Gasteiger partial charge >= 0.3 is 0 Å². The predicted molar refractivity (Wildman–Crippen MR) is 121 cm³/mol. The maximum atomic E-state index is 12.8. The van der Waals surface area contributed by atoms with Crippen LogP contribution in [0.3, 0.4) is 0 Å². The number of hydrogen-bond acceptors (Lipinski definition) is 3. The smallest absolute Gasteiger partial charge is 0.259 e. The molecule has 0 aliphatic heterocycles. The highest BCUT2D eigenvalue weighted by atomic mass is 35.5. The number of carbonyl (C=O) groups is 1. The van der Waals surface area contributed by atoms with Crippen LogP contribution >= 0.6 is 34.8 Å². The van der Waals surface area contributed by atoms with E-state index >= 15 is 0 Å². The molecule has 3 rings (SSSR count). The van der Waals surface area contributed by atoms with Gasteiger partial charge in [-0.25, -0.2) is 0 Å². The first-order valence-corrected chi connectivity index (χ1v) is 10.1. The molecule has 152 valence electrons. The Morgan fingerprint density at radius 2 is 1.77 bits per heavy atom. The van der Waals surface area contributed by atoms with Crippen LogP contribution in [0.25, 0.3) is 0 Å². The van der Waals surface area contributed by atoms with Gasteiger partial charge < -0.3 is 10.1 Å². The SMILES string of the molecule is COc1c(Cl)cccc1C(=O)Nc1cc(Cl)c(C(C#N)c2ccc(Cl)cc2)cc1C. The van der Waals surface area contributed by atoms with Crippen molar-refractivity contribution in [3.05, 3.63) is 91.9 Å². The molecule has 0 bridgehead atoms. The number of carbonyl (C=O) groups excluding carboxylic acids is 1. The van der Waals surface area contributed by atoms with Gasteiger partial charge in [-0.1, -0.05) is 59.1 Å². The van der Waals surface area contributed by atoms with Crippen molar-refractivity contribution >= 4 is 46.4 Å². The van der Waals surface area contributed by atoms with Crippen LogP contribution in [-0.4, -0.2) is 13.0 Å². The Morgan fingerprint density at radius 3 is 2.40 bits per heavy atom. The first-order valence-electron chi connectivity index (χ1n) is 8.94. The van der Waals surface area contributed by atoms with Crippen LogP contribution in [0, 0.1) is 18.3 Å². The summed E-state index contributed by atoms with van der Waals surface area (Å²) in [4.78, 5) is 12.8. The van der Waals surface area contributed by atoms with E-state index in [-0.39, 0.29) is 5.91 Å². The van der Waals surface area contributed by atoms with Crippen LogP contribution in [0.4, 0.5) is 5.69 Å². The number of halogens is 3. The lowest BCUT2D eigenvalue weighted by molar-refractivity contribution is 0.102. The van der Waals surface area contributed by atoms with Crippen molar-refractivity contribution in [2.45, 2.75) is 12.8 Å². The number of anilines is 1.